The molecule has 0 amide bonds. The molecule has 1 aliphatic heterocycles. The van der Waals surface area contributed by atoms with Gasteiger partial charge in [0.2, 0.25) is 0 Å². The van der Waals surface area contributed by atoms with Gasteiger partial charge in [-0.25, -0.2) is 0 Å². The first-order chi connectivity index (χ1) is 9.63. The topological polar surface area (TPSA) is 49.8 Å². The summed E-state index contributed by atoms with van der Waals surface area (Å²) in [5.74, 6) is -0.785. The Balaban J connectivity index is 1.73. The fourth-order valence-electron chi connectivity index (χ4n) is 3.29. The molecular weight excluding hydrogens is 322 g/mol. The Hall–Kier alpha value is -0.910. The van der Waals surface area contributed by atoms with Crippen LogP contribution in [0.15, 0.2) is 22.7 Å². The van der Waals surface area contributed by atoms with E-state index in [4.69, 9.17) is 9.84 Å². The zero-order chi connectivity index (χ0) is 14.1. The standard InChI is InChI=1S/C15H18BrNO3/c16-11-2-3-13-10(7-11)1-4-14(13)17-5-6-20-12(9-17)8-15(18)19/h2-3,7,12,14H,1,4-6,8-9H2,(H,18,19). The van der Waals surface area contributed by atoms with Crippen molar-refractivity contribution in [1.82, 2.24) is 4.90 Å². The maximum absolute atomic E-state index is 10.8. The molecule has 3 rings (SSSR count). The molecule has 1 N–H and O–H groups in total. The third-order valence-electron chi connectivity index (χ3n) is 4.16. The number of hydrogen-bond donors (Lipinski definition) is 1. The first-order valence-electron chi connectivity index (χ1n) is 6.99. The Morgan fingerprint density at radius 2 is 2.35 bits per heavy atom. The highest BCUT2D eigenvalue weighted by atomic mass is 79.9. The van der Waals surface area contributed by atoms with Crippen molar-refractivity contribution in [1.29, 1.82) is 0 Å². The largest absolute Gasteiger partial charge is 0.481 e. The molecule has 0 saturated carbocycles. The summed E-state index contributed by atoms with van der Waals surface area (Å²) < 4.78 is 6.68. The van der Waals surface area contributed by atoms with Gasteiger partial charge in [0.25, 0.3) is 0 Å². The number of fused-ring (bicyclic) bond motifs is 1. The van der Waals surface area contributed by atoms with Gasteiger partial charge < -0.3 is 9.84 Å². The van der Waals surface area contributed by atoms with E-state index in [0.717, 1.165) is 23.9 Å². The molecule has 1 fully saturated rings. The Morgan fingerprint density at radius 3 is 3.15 bits per heavy atom. The van der Waals surface area contributed by atoms with E-state index in [0.29, 0.717) is 19.2 Å². The molecule has 108 valence electrons. The number of carboxylic acids is 1. The van der Waals surface area contributed by atoms with Crippen molar-refractivity contribution in [2.24, 2.45) is 0 Å². The Kier molecular flexibility index (Phi) is 4.10. The van der Waals surface area contributed by atoms with Crippen molar-refractivity contribution < 1.29 is 14.6 Å². The van der Waals surface area contributed by atoms with Crippen LogP contribution in [0.25, 0.3) is 0 Å². The van der Waals surface area contributed by atoms with Crippen LogP contribution < -0.4 is 0 Å². The molecular formula is C15H18BrNO3. The minimum atomic E-state index is -0.785. The van der Waals surface area contributed by atoms with E-state index in [1.54, 1.807) is 0 Å². The Morgan fingerprint density at radius 1 is 1.50 bits per heavy atom. The lowest BCUT2D eigenvalue weighted by atomic mass is 10.1. The van der Waals surface area contributed by atoms with Gasteiger partial charge in [-0.05, 0) is 36.1 Å². The van der Waals surface area contributed by atoms with Crippen LogP contribution in [0, 0.1) is 0 Å². The SMILES string of the molecule is O=C(O)CC1CN(C2CCc3cc(Br)ccc32)CCO1. The van der Waals surface area contributed by atoms with Gasteiger partial charge in [0, 0.05) is 23.6 Å². The van der Waals surface area contributed by atoms with Crippen LogP contribution in [0.2, 0.25) is 0 Å². The number of ether oxygens (including phenoxy) is 1. The maximum atomic E-state index is 10.8. The van der Waals surface area contributed by atoms with E-state index >= 15 is 0 Å². The van der Waals surface area contributed by atoms with Crippen LogP contribution in [0.1, 0.15) is 30.0 Å². The number of carbonyl (C=O) groups is 1. The highest BCUT2D eigenvalue weighted by molar-refractivity contribution is 9.10. The summed E-state index contributed by atoms with van der Waals surface area (Å²) >= 11 is 3.52. The van der Waals surface area contributed by atoms with Crippen LogP contribution in [0.5, 0.6) is 0 Å². The molecule has 1 aliphatic carbocycles. The molecule has 0 bridgehead atoms. The van der Waals surface area contributed by atoms with Crippen molar-refractivity contribution in [3.8, 4) is 0 Å². The van der Waals surface area contributed by atoms with Crippen molar-refractivity contribution in [3.05, 3.63) is 33.8 Å². The summed E-state index contributed by atoms with van der Waals surface area (Å²) in [5, 5.41) is 8.90. The molecule has 1 aromatic carbocycles. The van der Waals surface area contributed by atoms with Crippen LogP contribution in [0.3, 0.4) is 0 Å². The summed E-state index contributed by atoms with van der Waals surface area (Å²) in [4.78, 5) is 13.2. The number of hydrogen-bond acceptors (Lipinski definition) is 3. The molecule has 2 aliphatic rings. The second-order valence-corrected chi connectivity index (χ2v) is 6.40. The summed E-state index contributed by atoms with van der Waals surface area (Å²) in [6, 6.07) is 6.90. The predicted molar refractivity (Wildman–Crippen MR) is 78.8 cm³/mol. The molecule has 2 atom stereocenters. The van der Waals surface area contributed by atoms with Gasteiger partial charge >= 0.3 is 5.97 Å². The second kappa shape index (κ2) is 5.84. The number of halogens is 1. The third kappa shape index (κ3) is 2.90. The molecule has 1 saturated heterocycles. The van der Waals surface area contributed by atoms with Crippen molar-refractivity contribution in [2.45, 2.75) is 31.4 Å². The molecule has 4 nitrogen and oxygen atoms in total. The molecule has 0 radical (unpaired) electrons. The van der Waals surface area contributed by atoms with E-state index in [9.17, 15) is 4.79 Å². The first-order valence-corrected chi connectivity index (χ1v) is 7.78. The van der Waals surface area contributed by atoms with E-state index < -0.39 is 5.97 Å². The minimum absolute atomic E-state index is 0.0937. The average Bonchev–Trinajstić information content (AvgIpc) is 2.81. The highest BCUT2D eigenvalue weighted by Crippen LogP contribution is 2.37. The molecule has 1 heterocycles. The van der Waals surface area contributed by atoms with E-state index in [2.05, 4.69) is 39.0 Å². The quantitative estimate of drug-likeness (QED) is 0.919. The molecule has 0 spiro atoms. The van der Waals surface area contributed by atoms with Crippen LogP contribution >= 0.6 is 15.9 Å². The molecule has 5 heteroatoms. The fourth-order valence-corrected chi connectivity index (χ4v) is 3.69. The van der Waals surface area contributed by atoms with Gasteiger partial charge in [0.15, 0.2) is 0 Å². The molecule has 20 heavy (non-hydrogen) atoms. The number of nitrogens with zero attached hydrogens (tertiary/aromatic N) is 1. The van der Waals surface area contributed by atoms with Gasteiger partial charge in [-0.1, -0.05) is 22.0 Å². The summed E-state index contributed by atoms with van der Waals surface area (Å²) in [5.41, 5.74) is 2.80. The normalized spacial score (nSPS) is 26.4. The zero-order valence-corrected chi connectivity index (χ0v) is 12.8. The molecule has 0 aromatic heterocycles. The maximum Gasteiger partial charge on any atom is 0.306 e. The van der Waals surface area contributed by atoms with Crippen molar-refractivity contribution >= 4 is 21.9 Å². The summed E-state index contributed by atoms with van der Waals surface area (Å²) in [7, 11) is 0. The highest BCUT2D eigenvalue weighted by Gasteiger charge is 2.32. The number of aliphatic carboxylic acids is 1. The number of carboxylic acid groups (broad SMARTS) is 1. The van der Waals surface area contributed by atoms with Crippen molar-refractivity contribution in [3.63, 3.8) is 0 Å². The van der Waals surface area contributed by atoms with Crippen molar-refractivity contribution in [2.75, 3.05) is 19.7 Å². The van der Waals surface area contributed by atoms with Crippen LogP contribution in [-0.2, 0) is 16.0 Å². The van der Waals surface area contributed by atoms with Crippen LogP contribution in [0.4, 0.5) is 0 Å². The van der Waals surface area contributed by atoms with E-state index in [1.165, 1.54) is 11.1 Å². The van der Waals surface area contributed by atoms with E-state index in [-0.39, 0.29) is 12.5 Å². The Bertz CT molecular complexity index is 520. The van der Waals surface area contributed by atoms with Gasteiger partial charge in [-0.15, -0.1) is 0 Å². The van der Waals surface area contributed by atoms with Gasteiger partial charge in [-0.3, -0.25) is 9.69 Å². The van der Waals surface area contributed by atoms with Crippen LogP contribution in [-0.4, -0.2) is 41.8 Å². The first kappa shape index (κ1) is 14.0. The zero-order valence-electron chi connectivity index (χ0n) is 11.2. The summed E-state index contributed by atoms with van der Waals surface area (Å²) in [6.45, 7) is 2.23. The summed E-state index contributed by atoms with van der Waals surface area (Å²) in [6.07, 6.45) is 2.13. The Labute approximate surface area is 126 Å². The van der Waals surface area contributed by atoms with E-state index in [1.807, 2.05) is 0 Å². The fraction of sp³-hybridized carbons (Fsp3) is 0.533. The number of rotatable bonds is 3. The second-order valence-electron chi connectivity index (χ2n) is 5.48. The minimum Gasteiger partial charge on any atom is -0.481 e. The van der Waals surface area contributed by atoms with Gasteiger partial charge in [0.1, 0.15) is 0 Å². The monoisotopic (exact) mass is 339 g/mol. The smallest absolute Gasteiger partial charge is 0.306 e. The number of benzene rings is 1. The lowest BCUT2D eigenvalue weighted by Crippen LogP contribution is -2.44. The predicted octanol–water partition coefficient (Wildman–Crippen LogP) is 2.61. The lowest BCUT2D eigenvalue weighted by molar-refractivity contribution is -0.142. The van der Waals surface area contributed by atoms with Gasteiger partial charge in [0.05, 0.1) is 19.1 Å². The number of morpholine rings is 1. The molecule has 1 aromatic rings. The molecule has 2 unspecified atom stereocenters. The average molecular weight is 340 g/mol. The third-order valence-corrected chi connectivity index (χ3v) is 4.66. The van der Waals surface area contributed by atoms with Gasteiger partial charge in [-0.2, -0.15) is 0 Å². The number of aryl methyl sites for hydroxylation is 1. The lowest BCUT2D eigenvalue weighted by Gasteiger charge is -2.36.